The van der Waals surface area contributed by atoms with Crippen LogP contribution in [0.15, 0.2) is 48.0 Å². The van der Waals surface area contributed by atoms with E-state index in [0.29, 0.717) is 63.7 Å². The molecular weight excluding hydrogens is 580 g/mol. The molecule has 2 aromatic carbocycles. The van der Waals surface area contributed by atoms with Crippen LogP contribution in [-0.2, 0) is 11.2 Å². The molecule has 0 spiro atoms. The van der Waals surface area contributed by atoms with Gasteiger partial charge in [0, 0.05) is 49.9 Å². The molecule has 0 saturated heterocycles. The van der Waals surface area contributed by atoms with Crippen molar-refractivity contribution in [1.82, 2.24) is 4.90 Å². The lowest BCUT2D eigenvalue weighted by Gasteiger charge is -2.46. The zero-order valence-corrected chi connectivity index (χ0v) is 26.8. The summed E-state index contributed by atoms with van der Waals surface area (Å²) in [5.41, 5.74) is 1.17. The number of hydrogen-bond acceptors (Lipinski definition) is 7. The normalized spacial score (nSPS) is 26.4. The van der Waals surface area contributed by atoms with Crippen molar-refractivity contribution in [2.45, 2.75) is 88.9 Å². The van der Waals surface area contributed by atoms with E-state index in [9.17, 15) is 34.0 Å². The number of ketones is 1. The Morgan fingerprint density at radius 1 is 1.13 bits per heavy atom. The third-order valence-corrected chi connectivity index (χ3v) is 10.1. The predicted octanol–water partition coefficient (Wildman–Crippen LogP) is 4.93. The first-order valence-electron chi connectivity index (χ1n) is 16.1. The molecular formula is C36H49F2NO6. The molecule has 9 heteroatoms. The second kappa shape index (κ2) is 15.4. The van der Waals surface area contributed by atoms with E-state index in [1.165, 1.54) is 11.6 Å². The summed E-state index contributed by atoms with van der Waals surface area (Å²) in [5, 5.41) is 43.3. The first kappa shape index (κ1) is 35.3. The molecule has 7 nitrogen and oxygen atoms in total. The summed E-state index contributed by atoms with van der Waals surface area (Å²) in [6.45, 7) is 5.27. The molecule has 0 amide bonds. The van der Waals surface area contributed by atoms with Gasteiger partial charge in [-0.1, -0.05) is 30.7 Å². The van der Waals surface area contributed by atoms with Crippen molar-refractivity contribution in [1.29, 1.82) is 0 Å². The second-order valence-corrected chi connectivity index (χ2v) is 13.3. The van der Waals surface area contributed by atoms with Gasteiger partial charge >= 0.3 is 0 Å². The first-order chi connectivity index (χ1) is 21.4. The standard InChI is InChI=1S/C36H49F2NO6/c1-24-6-4-14-35(2)31(13-15-36(35,44)23-39(16-5-17-45-3)21-28(42)22-40)29-11-8-25(18-27(41)10-7-24)19-30(29)34(43)26-9-12-32(37)33(38)20-26/h6,8-9,11-12,19-20,27-28,31,40-42,44H,4-5,7,10,13-18,21-23H2,1-3H3/t27-,28-,31-,35-,36+/m0/s1. The molecule has 3 aliphatic carbocycles. The van der Waals surface area contributed by atoms with Crippen LogP contribution in [0.1, 0.15) is 91.8 Å². The number of halogens is 2. The van der Waals surface area contributed by atoms with Gasteiger partial charge in [0.25, 0.3) is 0 Å². The first-order valence-corrected chi connectivity index (χ1v) is 16.1. The zero-order chi connectivity index (χ0) is 32.8. The predicted molar refractivity (Wildman–Crippen MR) is 169 cm³/mol. The summed E-state index contributed by atoms with van der Waals surface area (Å²) < 4.78 is 33.3. The maximum absolute atomic E-state index is 14.3. The van der Waals surface area contributed by atoms with Crippen LogP contribution in [0.4, 0.5) is 8.78 Å². The molecule has 4 N–H and O–H groups in total. The van der Waals surface area contributed by atoms with Gasteiger partial charge < -0.3 is 25.2 Å². The van der Waals surface area contributed by atoms with E-state index >= 15 is 0 Å². The van der Waals surface area contributed by atoms with E-state index in [0.717, 1.165) is 29.7 Å². The van der Waals surface area contributed by atoms with Crippen LogP contribution in [0.5, 0.6) is 0 Å². The number of hydrogen-bond donors (Lipinski definition) is 4. The maximum atomic E-state index is 14.3. The number of rotatable bonds is 11. The molecule has 0 radical (unpaired) electrons. The molecule has 2 aromatic rings. The molecule has 5 rings (SSSR count). The van der Waals surface area contributed by atoms with Gasteiger partial charge in [0.2, 0.25) is 0 Å². The monoisotopic (exact) mass is 629 g/mol. The van der Waals surface area contributed by atoms with Gasteiger partial charge in [-0.05, 0) is 99.6 Å². The van der Waals surface area contributed by atoms with Crippen molar-refractivity contribution < 1.29 is 38.7 Å². The minimum absolute atomic E-state index is 0.0322. The number of benzene rings is 2. The van der Waals surface area contributed by atoms with Crippen LogP contribution in [0.25, 0.3) is 0 Å². The van der Waals surface area contributed by atoms with Gasteiger partial charge in [-0.15, -0.1) is 0 Å². The summed E-state index contributed by atoms with van der Waals surface area (Å²) in [5.74, 6) is -2.81. The Labute approximate surface area is 265 Å². The third-order valence-electron chi connectivity index (χ3n) is 10.1. The van der Waals surface area contributed by atoms with Crippen molar-refractivity contribution in [2.24, 2.45) is 5.41 Å². The fourth-order valence-corrected chi connectivity index (χ4v) is 7.38. The van der Waals surface area contributed by atoms with Crippen LogP contribution < -0.4 is 0 Å². The maximum Gasteiger partial charge on any atom is 0.193 e. The number of ether oxygens (including phenoxy) is 1. The molecule has 5 atom stereocenters. The Bertz CT molecular complexity index is 1350. The highest BCUT2D eigenvalue weighted by Gasteiger charge is 2.57. The lowest BCUT2D eigenvalue weighted by atomic mass is 9.64. The smallest absolute Gasteiger partial charge is 0.193 e. The van der Waals surface area contributed by atoms with Gasteiger partial charge in [0.05, 0.1) is 24.4 Å². The van der Waals surface area contributed by atoms with E-state index in [1.54, 1.807) is 13.2 Å². The van der Waals surface area contributed by atoms with Crippen molar-refractivity contribution in [2.75, 3.05) is 40.0 Å². The van der Waals surface area contributed by atoms with Crippen molar-refractivity contribution >= 4 is 5.78 Å². The lowest BCUT2D eigenvalue weighted by Crippen LogP contribution is -2.54. The van der Waals surface area contributed by atoms with Gasteiger partial charge in [0.15, 0.2) is 17.4 Å². The average Bonchev–Trinajstić information content (AvgIpc) is 3.25. The fraction of sp³-hybridized carbons (Fsp3) is 0.583. The van der Waals surface area contributed by atoms with Gasteiger partial charge in [0.1, 0.15) is 0 Å². The highest BCUT2D eigenvalue weighted by molar-refractivity contribution is 6.10. The molecule has 1 saturated carbocycles. The summed E-state index contributed by atoms with van der Waals surface area (Å²) in [6, 6.07) is 8.75. The third kappa shape index (κ3) is 8.25. The number of fused-ring (bicyclic) bond motifs is 8. The topological polar surface area (TPSA) is 110 Å². The largest absolute Gasteiger partial charge is 0.394 e. The summed E-state index contributed by atoms with van der Waals surface area (Å²) >= 11 is 0. The van der Waals surface area contributed by atoms with E-state index < -0.39 is 40.6 Å². The minimum atomic E-state index is -1.20. The molecule has 0 unspecified atom stereocenters. The Morgan fingerprint density at radius 2 is 1.91 bits per heavy atom. The fourth-order valence-electron chi connectivity index (χ4n) is 7.38. The average molecular weight is 630 g/mol. The van der Waals surface area contributed by atoms with Crippen molar-refractivity contribution in [3.63, 3.8) is 0 Å². The van der Waals surface area contributed by atoms with E-state index in [-0.39, 0.29) is 31.2 Å². The van der Waals surface area contributed by atoms with Crippen LogP contribution in [-0.4, -0.2) is 88.9 Å². The summed E-state index contributed by atoms with van der Waals surface area (Å²) in [6.07, 6.45) is 5.26. The number of nitrogens with zero attached hydrogens (tertiary/aromatic N) is 1. The zero-order valence-electron chi connectivity index (χ0n) is 26.8. The number of aliphatic hydroxyl groups excluding tert-OH is 3. The highest BCUT2D eigenvalue weighted by atomic mass is 19.2. The van der Waals surface area contributed by atoms with Crippen molar-refractivity contribution in [3.8, 4) is 0 Å². The Morgan fingerprint density at radius 3 is 2.62 bits per heavy atom. The summed E-state index contributed by atoms with van der Waals surface area (Å²) in [4.78, 5) is 16.0. The van der Waals surface area contributed by atoms with E-state index in [4.69, 9.17) is 4.74 Å². The number of carbonyl (C=O) groups excluding carboxylic acids is 1. The van der Waals surface area contributed by atoms with Crippen LogP contribution >= 0.6 is 0 Å². The van der Waals surface area contributed by atoms with E-state index in [2.05, 4.69) is 19.9 Å². The lowest BCUT2D eigenvalue weighted by molar-refractivity contribution is -0.0898. The molecule has 1 fully saturated rings. The van der Waals surface area contributed by atoms with Crippen LogP contribution in [0.3, 0.4) is 0 Å². The quantitative estimate of drug-likeness (QED) is 0.159. The molecule has 45 heavy (non-hydrogen) atoms. The van der Waals surface area contributed by atoms with E-state index in [1.807, 2.05) is 17.0 Å². The van der Waals surface area contributed by atoms with Gasteiger partial charge in [-0.25, -0.2) is 8.78 Å². The molecule has 248 valence electrons. The summed E-state index contributed by atoms with van der Waals surface area (Å²) in [7, 11) is 1.62. The minimum Gasteiger partial charge on any atom is -0.394 e. The molecule has 3 aliphatic rings. The second-order valence-electron chi connectivity index (χ2n) is 13.3. The number of carbonyl (C=O) groups is 1. The van der Waals surface area contributed by atoms with Gasteiger partial charge in [-0.2, -0.15) is 0 Å². The molecule has 2 bridgehead atoms. The van der Waals surface area contributed by atoms with Crippen LogP contribution in [0, 0.1) is 17.0 Å². The van der Waals surface area contributed by atoms with Crippen molar-refractivity contribution in [3.05, 3.63) is 81.9 Å². The Kier molecular flexibility index (Phi) is 12.1. The van der Waals surface area contributed by atoms with Gasteiger partial charge in [-0.3, -0.25) is 9.69 Å². The van der Waals surface area contributed by atoms with Crippen LogP contribution in [0.2, 0.25) is 0 Å². The number of aliphatic hydroxyl groups is 4. The number of allylic oxidation sites excluding steroid dienone is 2. The Balaban J connectivity index is 1.81. The number of methoxy groups -OCH3 is 1. The molecule has 0 heterocycles. The molecule has 0 aliphatic heterocycles. The highest BCUT2D eigenvalue weighted by Crippen LogP contribution is 2.58. The molecule has 0 aromatic heterocycles. The SMILES string of the molecule is COCCCN(C[C@H](O)CO)C[C@]1(O)CC[C@H]2c3ccc(cc3C(=O)c3ccc(F)c(F)c3)C[C@@H](O)CCC(C)=CCC[C@@]21C. The Hall–Kier alpha value is -2.53.